The Balaban J connectivity index is 1.13. The van der Waals surface area contributed by atoms with Crippen molar-refractivity contribution >= 4 is 108 Å². The van der Waals surface area contributed by atoms with Gasteiger partial charge in [-0.3, -0.25) is 4.57 Å². The number of hydrogen-bond acceptors (Lipinski definition) is 2. The Bertz CT molecular complexity index is 4180. The van der Waals surface area contributed by atoms with Crippen molar-refractivity contribution in [3.8, 4) is 22.9 Å². The van der Waals surface area contributed by atoms with Gasteiger partial charge in [-0.15, -0.1) is 0 Å². The molecule has 3 aromatic heterocycles. The molecule has 0 fully saturated rings. The fourth-order valence-corrected chi connectivity index (χ4v) is 10.6. The summed E-state index contributed by atoms with van der Waals surface area (Å²) in [7, 11) is 0. The SMILES string of the molecule is c1ccc(-n2c3ccccc3c3cc(-c4nc(-n5c6cc7ccccc7cc6c6c7c8ccccc8c8ccccc8c7ccc65)nc5ccc6ccccc6c45)ccc32)cc1. The topological polar surface area (TPSA) is 35.6 Å². The molecule has 0 N–H and O–H groups in total. The van der Waals surface area contributed by atoms with E-state index < -0.39 is 0 Å². The van der Waals surface area contributed by atoms with E-state index in [0.717, 1.165) is 55.2 Å². The molecular weight excluding hydrogens is 753 g/mol. The van der Waals surface area contributed by atoms with Gasteiger partial charge in [-0.1, -0.05) is 152 Å². The number of fused-ring (bicyclic) bond motifs is 17. The van der Waals surface area contributed by atoms with E-state index in [0.29, 0.717) is 5.95 Å². The van der Waals surface area contributed by atoms with Gasteiger partial charge in [-0.05, 0) is 103 Å². The normalized spacial score (nSPS) is 12.2. The highest BCUT2D eigenvalue weighted by Crippen LogP contribution is 2.45. The molecule has 0 aliphatic carbocycles. The van der Waals surface area contributed by atoms with Crippen LogP contribution >= 0.6 is 0 Å². The summed E-state index contributed by atoms with van der Waals surface area (Å²) in [4.78, 5) is 11.3. The first-order valence-electron chi connectivity index (χ1n) is 21.2. The number of aromatic nitrogens is 4. The molecule has 0 bridgehead atoms. The second-order valence-corrected chi connectivity index (χ2v) is 16.5. The second kappa shape index (κ2) is 12.6. The van der Waals surface area contributed by atoms with E-state index in [4.69, 9.17) is 9.97 Å². The van der Waals surface area contributed by atoms with Crippen LogP contribution in [-0.4, -0.2) is 19.1 Å². The lowest BCUT2D eigenvalue weighted by Gasteiger charge is -2.15. The zero-order valence-corrected chi connectivity index (χ0v) is 33.4. The summed E-state index contributed by atoms with van der Waals surface area (Å²) in [5.74, 6) is 0.648. The van der Waals surface area contributed by atoms with Crippen molar-refractivity contribution in [3.63, 3.8) is 0 Å². The molecule has 0 atom stereocenters. The maximum Gasteiger partial charge on any atom is 0.235 e. The van der Waals surface area contributed by atoms with Gasteiger partial charge in [0.1, 0.15) is 0 Å². The molecule has 0 aliphatic heterocycles. The third kappa shape index (κ3) is 4.61. The van der Waals surface area contributed by atoms with E-state index in [-0.39, 0.29) is 0 Å². The van der Waals surface area contributed by atoms with Crippen LogP contribution < -0.4 is 0 Å². The Labute approximate surface area is 355 Å². The lowest BCUT2D eigenvalue weighted by atomic mass is 9.91. The average Bonchev–Trinajstić information content (AvgIpc) is 3.85. The molecule has 0 aliphatic rings. The molecule has 62 heavy (non-hydrogen) atoms. The van der Waals surface area contributed by atoms with Gasteiger partial charge in [-0.2, -0.15) is 0 Å². The van der Waals surface area contributed by atoms with Crippen LogP contribution in [0.1, 0.15) is 0 Å². The summed E-state index contributed by atoms with van der Waals surface area (Å²) < 4.78 is 4.69. The fraction of sp³-hybridized carbons (Fsp3) is 0. The first-order valence-corrected chi connectivity index (χ1v) is 21.2. The lowest BCUT2D eigenvalue weighted by Crippen LogP contribution is -2.04. The molecule has 0 radical (unpaired) electrons. The minimum Gasteiger partial charge on any atom is -0.309 e. The monoisotopic (exact) mass is 786 g/mol. The first-order chi connectivity index (χ1) is 30.8. The molecule has 0 spiro atoms. The van der Waals surface area contributed by atoms with Crippen molar-refractivity contribution in [2.75, 3.05) is 0 Å². The predicted molar refractivity (Wildman–Crippen MR) is 261 cm³/mol. The Morgan fingerprint density at radius 2 is 0.887 bits per heavy atom. The van der Waals surface area contributed by atoms with E-state index in [1.165, 1.54) is 70.2 Å². The molecule has 11 aromatic carbocycles. The highest BCUT2D eigenvalue weighted by atomic mass is 15.2. The van der Waals surface area contributed by atoms with Crippen LogP contribution in [0.15, 0.2) is 206 Å². The number of benzene rings is 11. The van der Waals surface area contributed by atoms with Crippen LogP contribution in [0.2, 0.25) is 0 Å². The number of para-hydroxylation sites is 2. The van der Waals surface area contributed by atoms with Crippen molar-refractivity contribution in [1.82, 2.24) is 19.1 Å². The van der Waals surface area contributed by atoms with E-state index in [1.807, 2.05) is 0 Å². The smallest absolute Gasteiger partial charge is 0.235 e. The van der Waals surface area contributed by atoms with Gasteiger partial charge in [0.2, 0.25) is 5.95 Å². The van der Waals surface area contributed by atoms with Gasteiger partial charge in [0, 0.05) is 43.6 Å². The van der Waals surface area contributed by atoms with E-state index in [2.05, 4.69) is 215 Å². The molecule has 0 saturated carbocycles. The van der Waals surface area contributed by atoms with Gasteiger partial charge in [-0.25, -0.2) is 9.97 Å². The van der Waals surface area contributed by atoms with E-state index >= 15 is 0 Å². The van der Waals surface area contributed by atoms with Gasteiger partial charge < -0.3 is 4.57 Å². The van der Waals surface area contributed by atoms with Crippen molar-refractivity contribution in [2.24, 2.45) is 0 Å². The van der Waals surface area contributed by atoms with Crippen LogP contribution in [0.3, 0.4) is 0 Å². The molecule has 4 nitrogen and oxygen atoms in total. The summed E-state index contributed by atoms with van der Waals surface area (Å²) in [5, 5.41) is 18.0. The standard InChI is InChI=1S/C58H34N4/c1-2-17-39(18-3-1)61-50-25-13-12-23-44(50)47-33-38(27-30-51(47)61)57-55-40-19-7-6-14-35(40)26-29-49(55)59-58(60-57)62-52-31-28-46-43-22-9-8-20-41(43)42-21-10-11-24-45(42)54(46)56(52)48-32-36-15-4-5-16-37(36)34-53(48)62/h1-34H. The van der Waals surface area contributed by atoms with Gasteiger partial charge in [0.25, 0.3) is 0 Å². The molecule has 14 rings (SSSR count). The van der Waals surface area contributed by atoms with Gasteiger partial charge in [0.15, 0.2) is 0 Å². The number of rotatable bonds is 3. The lowest BCUT2D eigenvalue weighted by molar-refractivity contribution is 1.02. The minimum absolute atomic E-state index is 0.648. The molecule has 3 heterocycles. The Kier molecular flexibility index (Phi) is 6.80. The Morgan fingerprint density at radius 1 is 0.290 bits per heavy atom. The molecule has 0 saturated heterocycles. The largest absolute Gasteiger partial charge is 0.309 e. The van der Waals surface area contributed by atoms with Crippen molar-refractivity contribution in [2.45, 2.75) is 0 Å². The van der Waals surface area contributed by atoms with Crippen LogP contribution in [0.5, 0.6) is 0 Å². The van der Waals surface area contributed by atoms with Crippen LogP contribution in [0.25, 0.3) is 131 Å². The van der Waals surface area contributed by atoms with Gasteiger partial charge in [0.05, 0.1) is 33.3 Å². The Morgan fingerprint density at radius 3 is 1.68 bits per heavy atom. The predicted octanol–water partition coefficient (Wildman–Crippen LogP) is 15.3. The van der Waals surface area contributed by atoms with E-state index in [1.54, 1.807) is 0 Å². The highest BCUT2D eigenvalue weighted by Gasteiger charge is 2.23. The summed E-state index contributed by atoms with van der Waals surface area (Å²) in [6.07, 6.45) is 0. The summed E-state index contributed by atoms with van der Waals surface area (Å²) in [6, 6.07) is 74.9. The Hall–Kier alpha value is -8.34. The fourth-order valence-electron chi connectivity index (χ4n) is 10.6. The second-order valence-electron chi connectivity index (χ2n) is 16.5. The van der Waals surface area contributed by atoms with Gasteiger partial charge >= 0.3 is 0 Å². The molecular formula is C58H34N4. The quantitative estimate of drug-likeness (QED) is 0.167. The zero-order chi connectivity index (χ0) is 40.5. The number of nitrogens with zero attached hydrogens (tertiary/aromatic N) is 4. The molecule has 286 valence electrons. The molecule has 14 aromatic rings. The third-order valence-electron chi connectivity index (χ3n) is 13.2. The molecule has 0 unspecified atom stereocenters. The molecule has 0 amide bonds. The highest BCUT2D eigenvalue weighted by molar-refractivity contribution is 6.36. The average molecular weight is 787 g/mol. The van der Waals surface area contributed by atoms with E-state index in [9.17, 15) is 0 Å². The molecule has 4 heteroatoms. The van der Waals surface area contributed by atoms with Crippen LogP contribution in [0.4, 0.5) is 0 Å². The summed E-state index contributed by atoms with van der Waals surface area (Å²) >= 11 is 0. The first kappa shape index (κ1) is 33.5. The maximum absolute atomic E-state index is 5.73. The summed E-state index contributed by atoms with van der Waals surface area (Å²) in [5.41, 5.74) is 8.50. The van der Waals surface area contributed by atoms with Crippen LogP contribution in [0, 0.1) is 0 Å². The number of hydrogen-bond donors (Lipinski definition) is 0. The summed E-state index contributed by atoms with van der Waals surface area (Å²) in [6.45, 7) is 0. The van der Waals surface area contributed by atoms with Crippen LogP contribution in [-0.2, 0) is 0 Å². The maximum atomic E-state index is 5.73. The third-order valence-corrected chi connectivity index (χ3v) is 13.2. The van der Waals surface area contributed by atoms with Crippen molar-refractivity contribution in [3.05, 3.63) is 206 Å². The zero-order valence-electron chi connectivity index (χ0n) is 33.4. The van der Waals surface area contributed by atoms with Crippen molar-refractivity contribution < 1.29 is 0 Å². The van der Waals surface area contributed by atoms with Crippen molar-refractivity contribution in [1.29, 1.82) is 0 Å². The minimum atomic E-state index is 0.648.